The normalized spacial score (nSPS) is 19.2. The topological polar surface area (TPSA) is 74.6 Å². The molecule has 38 heavy (non-hydrogen) atoms. The third-order valence-electron chi connectivity index (χ3n) is 9.15. The molecule has 0 aromatic heterocycles. The van der Waals surface area contributed by atoms with Crippen molar-refractivity contribution in [2.24, 2.45) is 5.92 Å². The molecule has 9 rings (SSSR count). The molecule has 0 amide bonds. The summed E-state index contributed by atoms with van der Waals surface area (Å²) in [5.41, 5.74) is 4.71. The smallest absolute Gasteiger partial charge is 0.187 e. The second kappa shape index (κ2) is 6.59. The Kier molecular flexibility index (Phi) is 3.53. The molecular weight excluding hydrogens is 472 g/mol. The zero-order valence-corrected chi connectivity index (χ0v) is 20.3. The van der Waals surface area contributed by atoms with Gasteiger partial charge in [0.25, 0.3) is 0 Å². The lowest BCUT2D eigenvalue weighted by Crippen LogP contribution is -2.32. The van der Waals surface area contributed by atoms with Crippen LogP contribution in [0.3, 0.4) is 0 Å². The van der Waals surface area contributed by atoms with E-state index in [1.165, 1.54) is 5.57 Å². The van der Waals surface area contributed by atoms with E-state index in [0.29, 0.717) is 39.8 Å². The molecule has 5 aromatic carbocycles. The molecule has 0 radical (unpaired) electrons. The maximum Gasteiger partial charge on any atom is 0.187 e. The van der Waals surface area contributed by atoms with Crippen molar-refractivity contribution in [2.45, 2.75) is 19.3 Å². The number of benzene rings is 5. The average Bonchev–Trinajstić information content (AvgIpc) is 2.93. The summed E-state index contributed by atoms with van der Waals surface area (Å²) < 4.78 is 0. The molecular formula is C34H20O4. The minimum atomic E-state index is -0.232. The Balaban J connectivity index is 1.64. The van der Waals surface area contributed by atoms with Gasteiger partial charge >= 0.3 is 0 Å². The van der Waals surface area contributed by atoms with Crippen LogP contribution in [0.25, 0.3) is 54.2 Å². The summed E-state index contributed by atoms with van der Waals surface area (Å²) in [4.78, 5) is 27.4. The minimum absolute atomic E-state index is 0.0379. The Morgan fingerprint density at radius 1 is 0.763 bits per heavy atom. The molecule has 0 fully saturated rings. The lowest BCUT2D eigenvalue weighted by atomic mass is 9.76. The van der Waals surface area contributed by atoms with Crippen LogP contribution >= 0.6 is 0 Å². The van der Waals surface area contributed by atoms with E-state index >= 15 is 0 Å². The maximum atomic E-state index is 13.8. The van der Waals surface area contributed by atoms with Gasteiger partial charge in [0.2, 0.25) is 0 Å². The predicted octanol–water partition coefficient (Wildman–Crippen LogP) is 4.35. The number of phenols is 2. The SMILES string of the molecule is O=c1cc2c3ccc4c5c(c(=O)cc(c6c(O)c(O)c7c(c1CC1C=CC=CC=71)c26)c53)=C1CC=CC=C1C4. The largest absolute Gasteiger partial charge is 0.504 e. The van der Waals surface area contributed by atoms with Crippen molar-refractivity contribution < 1.29 is 10.2 Å². The average molecular weight is 493 g/mol. The Labute approximate surface area is 215 Å². The first-order chi connectivity index (χ1) is 18.5. The second-order valence-electron chi connectivity index (χ2n) is 10.9. The number of fused-ring (bicyclic) bond motifs is 4. The van der Waals surface area contributed by atoms with Crippen molar-refractivity contribution >= 4 is 54.2 Å². The molecule has 4 heteroatoms. The standard InChI is InChI=1S/C34H20O4/c35-24-13-21-20-10-9-17-11-15-5-1-3-7-18(15)28-25(36)14-23(27(20)26(17)28)32-29(21)30-22(24)12-16-6-2-4-8-19(16)31(30)33(37)34(32)38/h1-6,8-10,13-14,16,37-38H,7,11-12H2. The Hall–Kier alpha value is -4.70. The predicted molar refractivity (Wildman–Crippen MR) is 152 cm³/mol. The summed E-state index contributed by atoms with van der Waals surface area (Å²) >= 11 is 0. The van der Waals surface area contributed by atoms with Crippen LogP contribution in [-0.4, -0.2) is 10.2 Å². The fourth-order valence-corrected chi connectivity index (χ4v) is 7.63. The highest BCUT2D eigenvalue weighted by Crippen LogP contribution is 2.47. The van der Waals surface area contributed by atoms with Gasteiger partial charge in [-0.2, -0.15) is 0 Å². The van der Waals surface area contributed by atoms with Gasteiger partial charge < -0.3 is 10.2 Å². The van der Waals surface area contributed by atoms with E-state index in [1.807, 2.05) is 30.4 Å². The molecule has 5 aromatic rings. The van der Waals surface area contributed by atoms with Gasteiger partial charge in [-0.05, 0) is 80.6 Å². The van der Waals surface area contributed by atoms with Gasteiger partial charge in [-0.1, -0.05) is 54.7 Å². The molecule has 4 nitrogen and oxygen atoms in total. The summed E-state index contributed by atoms with van der Waals surface area (Å²) in [6.07, 6.45) is 16.1. The van der Waals surface area contributed by atoms with E-state index in [-0.39, 0.29) is 28.3 Å². The van der Waals surface area contributed by atoms with E-state index in [1.54, 1.807) is 12.1 Å². The van der Waals surface area contributed by atoms with Gasteiger partial charge in [0.15, 0.2) is 22.4 Å². The first-order valence-corrected chi connectivity index (χ1v) is 13.0. The van der Waals surface area contributed by atoms with Crippen LogP contribution in [0.2, 0.25) is 0 Å². The fourth-order valence-electron chi connectivity index (χ4n) is 7.63. The van der Waals surface area contributed by atoms with E-state index in [9.17, 15) is 19.8 Å². The monoisotopic (exact) mass is 492 g/mol. The Bertz CT molecular complexity index is 2370. The molecule has 180 valence electrons. The third kappa shape index (κ3) is 2.20. The van der Waals surface area contributed by atoms with E-state index in [0.717, 1.165) is 55.3 Å². The number of hydrogen-bond donors (Lipinski definition) is 2. The zero-order valence-electron chi connectivity index (χ0n) is 20.3. The third-order valence-corrected chi connectivity index (χ3v) is 9.15. The summed E-state index contributed by atoms with van der Waals surface area (Å²) in [7, 11) is 0. The van der Waals surface area contributed by atoms with Gasteiger partial charge in [-0.3, -0.25) is 9.59 Å². The van der Waals surface area contributed by atoms with Gasteiger partial charge in [-0.25, -0.2) is 0 Å². The van der Waals surface area contributed by atoms with Crippen molar-refractivity contribution in [3.05, 3.63) is 114 Å². The summed E-state index contributed by atoms with van der Waals surface area (Å²) in [5, 5.41) is 30.3. The van der Waals surface area contributed by atoms with Gasteiger partial charge in [0.1, 0.15) is 0 Å². The summed E-state index contributed by atoms with van der Waals surface area (Å²) in [5.74, 6) is -0.493. The van der Waals surface area contributed by atoms with Crippen molar-refractivity contribution in [3.8, 4) is 11.5 Å². The summed E-state index contributed by atoms with van der Waals surface area (Å²) in [6.45, 7) is 0. The van der Waals surface area contributed by atoms with Gasteiger partial charge in [0, 0.05) is 38.1 Å². The Morgan fingerprint density at radius 3 is 2.53 bits per heavy atom. The molecule has 0 spiro atoms. The van der Waals surface area contributed by atoms with Crippen molar-refractivity contribution in [1.82, 2.24) is 0 Å². The molecule has 2 N–H and O–H groups in total. The van der Waals surface area contributed by atoms with E-state index in [2.05, 4.69) is 24.3 Å². The first kappa shape index (κ1) is 20.4. The molecule has 4 aliphatic carbocycles. The van der Waals surface area contributed by atoms with Crippen LogP contribution in [0, 0.1) is 5.92 Å². The lowest BCUT2D eigenvalue weighted by Gasteiger charge is -2.27. The van der Waals surface area contributed by atoms with Crippen molar-refractivity contribution in [3.63, 3.8) is 0 Å². The van der Waals surface area contributed by atoms with Crippen LogP contribution in [0.15, 0.2) is 82.0 Å². The van der Waals surface area contributed by atoms with Crippen LogP contribution in [-0.2, 0) is 12.8 Å². The van der Waals surface area contributed by atoms with Crippen LogP contribution in [0.1, 0.15) is 17.5 Å². The van der Waals surface area contributed by atoms with Crippen LogP contribution < -0.4 is 21.3 Å². The molecule has 0 saturated heterocycles. The quantitative estimate of drug-likeness (QED) is 0.192. The lowest BCUT2D eigenvalue weighted by molar-refractivity contribution is 0.405. The minimum Gasteiger partial charge on any atom is -0.504 e. The molecule has 1 unspecified atom stereocenters. The highest BCUT2D eigenvalue weighted by Gasteiger charge is 2.31. The van der Waals surface area contributed by atoms with Crippen LogP contribution in [0.4, 0.5) is 0 Å². The van der Waals surface area contributed by atoms with Crippen molar-refractivity contribution in [1.29, 1.82) is 0 Å². The molecule has 0 saturated carbocycles. The number of hydrogen-bond acceptors (Lipinski definition) is 4. The summed E-state index contributed by atoms with van der Waals surface area (Å²) in [6, 6.07) is 7.48. The molecule has 0 heterocycles. The molecule has 1 atom stereocenters. The molecule has 4 aliphatic rings. The van der Waals surface area contributed by atoms with E-state index in [4.69, 9.17) is 0 Å². The van der Waals surface area contributed by atoms with Gasteiger partial charge in [0.05, 0.1) is 0 Å². The van der Waals surface area contributed by atoms with E-state index < -0.39 is 0 Å². The van der Waals surface area contributed by atoms with Crippen molar-refractivity contribution in [2.75, 3.05) is 0 Å². The van der Waals surface area contributed by atoms with Gasteiger partial charge in [-0.15, -0.1) is 0 Å². The van der Waals surface area contributed by atoms with Crippen LogP contribution in [0.5, 0.6) is 11.5 Å². The maximum absolute atomic E-state index is 13.8. The Morgan fingerprint density at radius 2 is 1.63 bits per heavy atom. The molecule has 0 aliphatic heterocycles. The number of phenolic OH excluding ortho intramolecular Hbond substituents is 2. The molecule has 0 bridgehead atoms. The highest BCUT2D eigenvalue weighted by molar-refractivity contribution is 6.35. The number of rotatable bonds is 0. The fraction of sp³-hybridized carbons (Fsp3) is 0.118. The highest BCUT2D eigenvalue weighted by atomic mass is 16.3. The zero-order chi connectivity index (χ0) is 25.4. The second-order valence-corrected chi connectivity index (χ2v) is 10.9. The number of aromatic hydroxyl groups is 2. The number of allylic oxidation sites excluding steroid dienone is 8. The first-order valence-electron chi connectivity index (χ1n) is 13.0.